The molecule has 3 aliphatic rings. The van der Waals surface area contributed by atoms with Crippen LogP contribution in [-0.2, 0) is 20.7 Å². The Hall–Kier alpha value is -1.92. The summed E-state index contributed by atoms with van der Waals surface area (Å²) < 4.78 is 5.92. The van der Waals surface area contributed by atoms with Gasteiger partial charge in [-0.15, -0.1) is 0 Å². The maximum absolute atomic E-state index is 12.9. The van der Waals surface area contributed by atoms with E-state index in [1.54, 1.807) is 0 Å². The highest BCUT2D eigenvalue weighted by atomic mass is 16.5. The Kier molecular flexibility index (Phi) is 6.27. The number of fused-ring (bicyclic) bond motifs is 1. The zero-order valence-electron chi connectivity index (χ0n) is 16.5. The smallest absolute Gasteiger partial charge is 0.237 e. The van der Waals surface area contributed by atoms with E-state index in [0.29, 0.717) is 25.5 Å². The lowest BCUT2D eigenvalue weighted by Crippen LogP contribution is -2.47. The number of nitrogens with zero attached hydrogens (tertiary/aromatic N) is 1. The van der Waals surface area contributed by atoms with Gasteiger partial charge in [0.1, 0.15) is 0 Å². The molecule has 1 aromatic carbocycles. The minimum Gasteiger partial charge on any atom is -0.373 e. The van der Waals surface area contributed by atoms with Crippen molar-refractivity contribution in [3.05, 3.63) is 35.4 Å². The van der Waals surface area contributed by atoms with Crippen LogP contribution in [0.25, 0.3) is 0 Å². The molecule has 2 N–H and O–H groups in total. The van der Waals surface area contributed by atoms with Crippen LogP contribution in [0.2, 0.25) is 0 Å². The number of hydrogen-bond donors (Lipinski definition) is 2. The van der Waals surface area contributed by atoms with Gasteiger partial charge in [0.2, 0.25) is 11.8 Å². The van der Waals surface area contributed by atoms with Crippen LogP contribution < -0.4 is 10.6 Å². The number of carbonyl (C=O) groups is 2. The molecule has 0 saturated carbocycles. The Morgan fingerprint density at radius 3 is 2.96 bits per heavy atom. The molecule has 0 aliphatic carbocycles. The minimum atomic E-state index is -0.133. The summed E-state index contributed by atoms with van der Waals surface area (Å²) in [6.45, 7) is 3.80. The second kappa shape index (κ2) is 9.05. The molecule has 28 heavy (non-hydrogen) atoms. The van der Waals surface area contributed by atoms with Gasteiger partial charge in [0, 0.05) is 19.6 Å². The van der Waals surface area contributed by atoms with Gasteiger partial charge < -0.3 is 20.3 Å². The Bertz CT molecular complexity index is 702. The molecule has 3 atom stereocenters. The van der Waals surface area contributed by atoms with Crippen LogP contribution in [0, 0.1) is 5.92 Å². The number of rotatable bonds is 5. The van der Waals surface area contributed by atoms with E-state index in [2.05, 4.69) is 22.8 Å². The first-order chi connectivity index (χ1) is 13.7. The molecule has 0 bridgehead atoms. The molecular formula is C22H31N3O3. The van der Waals surface area contributed by atoms with Gasteiger partial charge in [0.15, 0.2) is 0 Å². The van der Waals surface area contributed by atoms with E-state index in [9.17, 15) is 9.59 Å². The van der Waals surface area contributed by atoms with Crippen molar-refractivity contribution in [1.29, 1.82) is 0 Å². The number of benzene rings is 1. The molecule has 6 heteroatoms. The minimum absolute atomic E-state index is 0.0372. The van der Waals surface area contributed by atoms with Crippen LogP contribution in [0.15, 0.2) is 24.3 Å². The number of piperidine rings is 1. The zero-order chi connectivity index (χ0) is 19.3. The molecule has 6 nitrogen and oxygen atoms in total. The van der Waals surface area contributed by atoms with Crippen LogP contribution in [0.1, 0.15) is 49.3 Å². The van der Waals surface area contributed by atoms with E-state index < -0.39 is 0 Å². The van der Waals surface area contributed by atoms with E-state index in [1.807, 2.05) is 17.0 Å². The molecule has 3 unspecified atom stereocenters. The second-order valence-corrected chi connectivity index (χ2v) is 8.25. The third-order valence-electron chi connectivity index (χ3n) is 6.27. The Balaban J connectivity index is 1.28. The topological polar surface area (TPSA) is 70.7 Å². The zero-order valence-corrected chi connectivity index (χ0v) is 16.5. The molecule has 152 valence electrons. The average Bonchev–Trinajstić information content (AvgIpc) is 3.27. The fourth-order valence-corrected chi connectivity index (χ4v) is 4.67. The van der Waals surface area contributed by atoms with Gasteiger partial charge >= 0.3 is 0 Å². The van der Waals surface area contributed by atoms with Crippen molar-refractivity contribution in [3.8, 4) is 0 Å². The number of hydrogen-bond acceptors (Lipinski definition) is 4. The fourth-order valence-electron chi connectivity index (χ4n) is 4.67. The second-order valence-electron chi connectivity index (χ2n) is 8.25. The molecule has 0 aromatic heterocycles. The van der Waals surface area contributed by atoms with Gasteiger partial charge in [0.25, 0.3) is 0 Å². The lowest BCUT2D eigenvalue weighted by atomic mass is 9.94. The number of ether oxygens (including phenoxy) is 1. The predicted molar refractivity (Wildman–Crippen MR) is 107 cm³/mol. The molecule has 1 aromatic rings. The van der Waals surface area contributed by atoms with E-state index >= 15 is 0 Å². The lowest BCUT2D eigenvalue weighted by molar-refractivity contribution is -0.136. The highest BCUT2D eigenvalue weighted by molar-refractivity contribution is 5.82. The van der Waals surface area contributed by atoms with E-state index in [1.165, 1.54) is 5.56 Å². The third-order valence-corrected chi connectivity index (χ3v) is 6.27. The third kappa shape index (κ3) is 4.55. The first-order valence-electron chi connectivity index (χ1n) is 10.7. The van der Waals surface area contributed by atoms with E-state index in [4.69, 9.17) is 4.74 Å². The largest absolute Gasteiger partial charge is 0.373 e. The summed E-state index contributed by atoms with van der Waals surface area (Å²) in [6, 6.07) is 8.24. The Morgan fingerprint density at radius 1 is 1.21 bits per heavy atom. The summed E-state index contributed by atoms with van der Waals surface area (Å²) in [5.74, 6) is 0.603. The van der Waals surface area contributed by atoms with Gasteiger partial charge in [0.05, 0.1) is 25.2 Å². The molecule has 0 spiro atoms. The Morgan fingerprint density at radius 2 is 2.11 bits per heavy atom. The molecule has 4 rings (SSSR count). The van der Waals surface area contributed by atoms with Crippen molar-refractivity contribution in [2.24, 2.45) is 5.92 Å². The number of nitrogens with one attached hydrogen (secondary N) is 2. The van der Waals surface area contributed by atoms with Gasteiger partial charge in [-0.1, -0.05) is 24.3 Å². The molecule has 0 radical (unpaired) electrons. The van der Waals surface area contributed by atoms with Gasteiger partial charge in [-0.3, -0.25) is 9.59 Å². The van der Waals surface area contributed by atoms with Crippen molar-refractivity contribution in [3.63, 3.8) is 0 Å². The van der Waals surface area contributed by atoms with Crippen LogP contribution in [-0.4, -0.2) is 55.5 Å². The summed E-state index contributed by atoms with van der Waals surface area (Å²) in [6.07, 6.45) is 5.23. The average molecular weight is 386 g/mol. The van der Waals surface area contributed by atoms with E-state index in [0.717, 1.165) is 57.3 Å². The standard InChI is InChI=1S/C22H31N3O3/c26-21(13-20-18-7-2-1-6-17(18)9-12-28-20)25-11-4-5-16(15-25)14-24-22(27)19-8-3-10-23-19/h1-2,6-7,16,19-20,23H,3-5,8-15H2,(H,24,27). The monoisotopic (exact) mass is 385 g/mol. The van der Waals surface area contributed by atoms with Gasteiger partial charge in [-0.05, 0) is 55.7 Å². The summed E-state index contributed by atoms with van der Waals surface area (Å²) in [5.41, 5.74) is 2.46. The first kappa shape index (κ1) is 19.4. The summed E-state index contributed by atoms with van der Waals surface area (Å²) in [5, 5.41) is 6.32. The molecule has 3 heterocycles. The maximum atomic E-state index is 12.9. The molecule has 2 amide bonds. The van der Waals surface area contributed by atoms with Crippen molar-refractivity contribution in [2.45, 2.75) is 50.7 Å². The molecule has 2 saturated heterocycles. The normalized spacial score (nSPS) is 27.3. The summed E-state index contributed by atoms with van der Waals surface area (Å²) >= 11 is 0. The van der Waals surface area contributed by atoms with Crippen LogP contribution in [0.4, 0.5) is 0 Å². The van der Waals surface area contributed by atoms with Gasteiger partial charge in [-0.25, -0.2) is 0 Å². The number of likely N-dealkylation sites (tertiary alicyclic amines) is 1. The SMILES string of the molecule is O=C(NCC1CCCN(C(=O)CC2OCCc3ccccc32)C1)C1CCCN1. The predicted octanol–water partition coefficient (Wildman–Crippen LogP) is 1.80. The van der Waals surface area contributed by atoms with Crippen LogP contribution >= 0.6 is 0 Å². The molecular weight excluding hydrogens is 354 g/mol. The Labute approximate surface area is 167 Å². The molecule has 3 aliphatic heterocycles. The number of carbonyl (C=O) groups excluding carboxylic acids is 2. The number of amides is 2. The lowest BCUT2D eigenvalue weighted by Gasteiger charge is -2.34. The first-order valence-corrected chi connectivity index (χ1v) is 10.7. The quantitative estimate of drug-likeness (QED) is 0.811. The van der Waals surface area contributed by atoms with E-state index in [-0.39, 0.29) is 24.0 Å². The fraction of sp³-hybridized carbons (Fsp3) is 0.636. The maximum Gasteiger partial charge on any atom is 0.237 e. The molecule has 2 fully saturated rings. The van der Waals surface area contributed by atoms with Crippen molar-refractivity contribution >= 4 is 11.8 Å². The highest BCUT2D eigenvalue weighted by Gasteiger charge is 2.29. The van der Waals surface area contributed by atoms with Crippen molar-refractivity contribution < 1.29 is 14.3 Å². The van der Waals surface area contributed by atoms with Crippen molar-refractivity contribution in [2.75, 3.05) is 32.8 Å². The van der Waals surface area contributed by atoms with Crippen LogP contribution in [0.5, 0.6) is 0 Å². The van der Waals surface area contributed by atoms with Crippen molar-refractivity contribution in [1.82, 2.24) is 15.5 Å². The summed E-state index contributed by atoms with van der Waals surface area (Å²) in [7, 11) is 0. The summed E-state index contributed by atoms with van der Waals surface area (Å²) in [4.78, 5) is 27.1. The van der Waals surface area contributed by atoms with Crippen LogP contribution in [0.3, 0.4) is 0 Å². The highest BCUT2D eigenvalue weighted by Crippen LogP contribution is 2.30. The van der Waals surface area contributed by atoms with Gasteiger partial charge in [-0.2, -0.15) is 0 Å².